The first kappa shape index (κ1) is 15.7. The van der Waals surface area contributed by atoms with Gasteiger partial charge in [-0.05, 0) is 26.0 Å². The van der Waals surface area contributed by atoms with Crippen LogP contribution in [0, 0.1) is 6.92 Å². The monoisotopic (exact) mass is 376 g/mol. The molecule has 1 aliphatic heterocycles. The van der Waals surface area contributed by atoms with E-state index in [1.54, 1.807) is 0 Å². The second-order valence-corrected chi connectivity index (χ2v) is 6.24. The maximum atomic E-state index is 12.3. The number of halogens is 1. The SMILES string of the molecule is CCn1nc(NC(=O)C2CC(c3cccc(Br)c3)=NO2)cc1C. The van der Waals surface area contributed by atoms with Crippen molar-refractivity contribution in [1.82, 2.24) is 9.78 Å². The van der Waals surface area contributed by atoms with Gasteiger partial charge in [0.25, 0.3) is 5.91 Å². The Morgan fingerprint density at radius 1 is 1.48 bits per heavy atom. The largest absolute Gasteiger partial charge is 0.382 e. The van der Waals surface area contributed by atoms with E-state index in [1.807, 2.05) is 48.9 Å². The Bertz CT molecular complexity index is 769. The molecule has 0 saturated carbocycles. The molecule has 0 saturated heterocycles. The molecule has 6 nitrogen and oxygen atoms in total. The number of nitrogens with zero attached hydrogens (tertiary/aromatic N) is 3. The minimum atomic E-state index is -0.629. The number of rotatable bonds is 4. The number of aryl methyl sites for hydroxylation is 2. The summed E-state index contributed by atoms with van der Waals surface area (Å²) < 4.78 is 2.79. The minimum absolute atomic E-state index is 0.237. The number of nitrogens with one attached hydrogen (secondary N) is 1. The van der Waals surface area contributed by atoms with E-state index in [9.17, 15) is 4.79 Å². The predicted octanol–water partition coefficient (Wildman–Crippen LogP) is 3.11. The first-order valence-corrected chi connectivity index (χ1v) is 8.20. The molecule has 0 aliphatic carbocycles. The van der Waals surface area contributed by atoms with Crippen LogP contribution in [0.25, 0.3) is 0 Å². The molecule has 1 amide bonds. The predicted molar refractivity (Wildman–Crippen MR) is 91.4 cm³/mol. The van der Waals surface area contributed by atoms with Gasteiger partial charge in [-0.3, -0.25) is 9.48 Å². The lowest BCUT2D eigenvalue weighted by atomic mass is 10.0. The Morgan fingerprint density at radius 3 is 3.00 bits per heavy atom. The zero-order valence-corrected chi connectivity index (χ0v) is 14.5. The number of hydrogen-bond donors (Lipinski definition) is 1. The summed E-state index contributed by atoms with van der Waals surface area (Å²) >= 11 is 3.43. The lowest BCUT2D eigenvalue weighted by Gasteiger charge is -2.07. The number of aromatic nitrogens is 2. The van der Waals surface area contributed by atoms with E-state index >= 15 is 0 Å². The standard InChI is InChI=1S/C16H17BrN4O2/c1-3-21-10(2)7-15(19-21)18-16(22)14-9-13(20-23-14)11-5-4-6-12(17)8-11/h4-8,14H,3,9H2,1-2H3,(H,18,19,22). The Balaban J connectivity index is 1.64. The van der Waals surface area contributed by atoms with E-state index in [2.05, 4.69) is 31.5 Å². The third kappa shape index (κ3) is 3.44. The summed E-state index contributed by atoms with van der Waals surface area (Å²) in [7, 11) is 0. The average molecular weight is 377 g/mol. The van der Waals surface area contributed by atoms with E-state index < -0.39 is 6.10 Å². The highest BCUT2D eigenvalue weighted by Crippen LogP contribution is 2.21. The lowest BCUT2D eigenvalue weighted by Crippen LogP contribution is -2.28. The second kappa shape index (κ2) is 6.54. The van der Waals surface area contributed by atoms with Crippen LogP contribution in [-0.2, 0) is 16.2 Å². The second-order valence-electron chi connectivity index (χ2n) is 5.32. The van der Waals surface area contributed by atoms with Gasteiger partial charge < -0.3 is 10.2 Å². The fourth-order valence-corrected chi connectivity index (χ4v) is 2.85. The summed E-state index contributed by atoms with van der Waals surface area (Å²) in [6.45, 7) is 4.72. The quantitative estimate of drug-likeness (QED) is 0.890. The molecule has 0 radical (unpaired) electrons. The fraction of sp³-hybridized carbons (Fsp3) is 0.312. The smallest absolute Gasteiger partial charge is 0.269 e. The van der Waals surface area contributed by atoms with Crippen LogP contribution in [-0.4, -0.2) is 27.5 Å². The topological polar surface area (TPSA) is 68.5 Å². The Hall–Kier alpha value is -2.15. The van der Waals surface area contributed by atoms with Crippen molar-refractivity contribution in [3.05, 3.63) is 46.1 Å². The number of carbonyl (C=O) groups is 1. The highest BCUT2D eigenvalue weighted by Gasteiger charge is 2.29. The number of carbonyl (C=O) groups excluding carboxylic acids is 1. The third-order valence-electron chi connectivity index (χ3n) is 3.65. The zero-order valence-electron chi connectivity index (χ0n) is 12.9. The summed E-state index contributed by atoms with van der Waals surface area (Å²) in [5, 5.41) is 11.1. The van der Waals surface area contributed by atoms with Crippen LogP contribution in [0.2, 0.25) is 0 Å². The molecule has 1 aromatic carbocycles. The van der Waals surface area contributed by atoms with Gasteiger partial charge in [-0.15, -0.1) is 0 Å². The summed E-state index contributed by atoms with van der Waals surface area (Å²) in [4.78, 5) is 17.6. The summed E-state index contributed by atoms with van der Waals surface area (Å²) in [6, 6.07) is 9.60. The number of hydrogen-bond acceptors (Lipinski definition) is 4. The number of amides is 1. The molecule has 1 unspecified atom stereocenters. The Morgan fingerprint density at radius 2 is 2.30 bits per heavy atom. The number of oxime groups is 1. The van der Waals surface area contributed by atoms with Crippen molar-refractivity contribution in [2.45, 2.75) is 32.9 Å². The van der Waals surface area contributed by atoms with Crippen molar-refractivity contribution in [2.24, 2.45) is 5.16 Å². The van der Waals surface area contributed by atoms with Crippen molar-refractivity contribution in [2.75, 3.05) is 5.32 Å². The molecule has 7 heteroatoms. The third-order valence-corrected chi connectivity index (χ3v) is 4.14. The van der Waals surface area contributed by atoms with Crippen LogP contribution in [0.3, 0.4) is 0 Å². The van der Waals surface area contributed by atoms with Crippen molar-refractivity contribution < 1.29 is 9.63 Å². The van der Waals surface area contributed by atoms with Crippen LogP contribution in [0.4, 0.5) is 5.82 Å². The Kier molecular flexibility index (Phi) is 4.47. The van der Waals surface area contributed by atoms with Crippen molar-refractivity contribution in [3.63, 3.8) is 0 Å². The fourth-order valence-electron chi connectivity index (χ4n) is 2.45. The molecule has 23 heavy (non-hydrogen) atoms. The van der Waals surface area contributed by atoms with Crippen LogP contribution in [0.1, 0.15) is 24.6 Å². The molecule has 2 heterocycles. The summed E-state index contributed by atoms with van der Waals surface area (Å²) in [5.41, 5.74) is 2.71. The van der Waals surface area contributed by atoms with Gasteiger partial charge in [-0.1, -0.05) is 33.2 Å². The molecule has 3 rings (SSSR count). The average Bonchev–Trinajstić information content (AvgIpc) is 3.14. The molecular formula is C16H17BrN4O2. The first-order valence-electron chi connectivity index (χ1n) is 7.40. The van der Waals surface area contributed by atoms with Gasteiger partial charge >= 0.3 is 0 Å². The molecule has 1 N–H and O–H groups in total. The maximum Gasteiger partial charge on any atom is 0.269 e. The van der Waals surface area contributed by atoms with Gasteiger partial charge in [0.2, 0.25) is 6.10 Å². The van der Waals surface area contributed by atoms with Crippen molar-refractivity contribution in [1.29, 1.82) is 0 Å². The first-order chi connectivity index (χ1) is 11.1. The molecular weight excluding hydrogens is 360 g/mol. The van der Waals surface area contributed by atoms with E-state index in [0.29, 0.717) is 12.2 Å². The lowest BCUT2D eigenvalue weighted by molar-refractivity contribution is -0.125. The molecule has 1 aromatic heterocycles. The maximum absolute atomic E-state index is 12.3. The molecule has 2 aromatic rings. The van der Waals surface area contributed by atoms with Crippen molar-refractivity contribution in [3.8, 4) is 0 Å². The molecule has 0 bridgehead atoms. The molecule has 0 spiro atoms. The van der Waals surface area contributed by atoms with Gasteiger partial charge in [0.05, 0.1) is 5.71 Å². The van der Waals surface area contributed by atoms with Gasteiger partial charge in [0, 0.05) is 34.8 Å². The number of anilines is 1. The molecule has 0 fully saturated rings. The van der Waals surface area contributed by atoms with E-state index in [0.717, 1.165) is 28.0 Å². The van der Waals surface area contributed by atoms with Gasteiger partial charge in [-0.2, -0.15) is 5.10 Å². The highest BCUT2D eigenvalue weighted by molar-refractivity contribution is 9.10. The van der Waals surface area contributed by atoms with E-state index in [1.165, 1.54) is 0 Å². The van der Waals surface area contributed by atoms with E-state index in [-0.39, 0.29) is 5.91 Å². The normalized spacial score (nSPS) is 16.8. The van der Waals surface area contributed by atoms with Crippen LogP contribution >= 0.6 is 15.9 Å². The zero-order chi connectivity index (χ0) is 16.4. The number of benzene rings is 1. The van der Waals surface area contributed by atoms with Gasteiger partial charge in [0.15, 0.2) is 5.82 Å². The van der Waals surface area contributed by atoms with Gasteiger partial charge in [-0.25, -0.2) is 0 Å². The summed E-state index contributed by atoms with van der Waals surface area (Å²) in [5.74, 6) is 0.299. The minimum Gasteiger partial charge on any atom is -0.382 e. The van der Waals surface area contributed by atoms with Crippen LogP contribution in [0.5, 0.6) is 0 Å². The van der Waals surface area contributed by atoms with Crippen LogP contribution < -0.4 is 5.32 Å². The Labute approximate surface area is 142 Å². The highest BCUT2D eigenvalue weighted by atomic mass is 79.9. The van der Waals surface area contributed by atoms with Gasteiger partial charge in [0.1, 0.15) is 0 Å². The van der Waals surface area contributed by atoms with E-state index in [4.69, 9.17) is 4.84 Å². The molecule has 1 aliphatic rings. The molecule has 120 valence electrons. The van der Waals surface area contributed by atoms with Crippen molar-refractivity contribution >= 4 is 33.4 Å². The molecule has 1 atom stereocenters. The van der Waals surface area contributed by atoms with Crippen LogP contribution in [0.15, 0.2) is 40.0 Å². The summed E-state index contributed by atoms with van der Waals surface area (Å²) in [6.07, 6.45) is -0.188.